The van der Waals surface area contributed by atoms with Gasteiger partial charge in [0.15, 0.2) is 17.3 Å². The first-order valence-corrected chi connectivity index (χ1v) is 11.2. The summed E-state index contributed by atoms with van der Waals surface area (Å²) < 4.78 is 73.2. The normalized spacial score (nSPS) is 11.7. The minimum absolute atomic E-state index is 0.00766. The van der Waals surface area contributed by atoms with Crippen LogP contribution in [-0.2, 0) is 0 Å². The van der Waals surface area contributed by atoms with Gasteiger partial charge in [-0.15, -0.1) is 13.2 Å². The minimum Gasteiger partial charge on any atom is -0.406 e. The minimum atomic E-state index is -4.87. The molecule has 0 N–H and O–H groups in total. The van der Waals surface area contributed by atoms with E-state index >= 15 is 0 Å². The maximum atomic E-state index is 13.5. The number of benzene rings is 2. The van der Waals surface area contributed by atoms with Gasteiger partial charge >= 0.3 is 6.36 Å². The summed E-state index contributed by atoms with van der Waals surface area (Å²) >= 11 is 0. The van der Waals surface area contributed by atoms with E-state index in [1.165, 1.54) is 38.3 Å². The summed E-state index contributed by atoms with van der Waals surface area (Å²) in [6, 6.07) is 13.1. The molecule has 3 aromatic heterocycles. The number of alkyl halides is 3. The van der Waals surface area contributed by atoms with Crippen LogP contribution in [0.15, 0.2) is 78.0 Å². The quantitative estimate of drug-likeness (QED) is 0.276. The van der Waals surface area contributed by atoms with Gasteiger partial charge in [0.2, 0.25) is 5.43 Å². The molecular weight excluding hydrogens is 509 g/mol. The first-order chi connectivity index (χ1) is 18.0. The number of hydrogen-bond donors (Lipinski definition) is 0. The van der Waals surface area contributed by atoms with Crippen LogP contribution in [-0.4, -0.2) is 30.5 Å². The fourth-order valence-corrected chi connectivity index (χ4v) is 4.01. The van der Waals surface area contributed by atoms with Crippen LogP contribution in [0.25, 0.3) is 28.5 Å². The van der Waals surface area contributed by atoms with E-state index in [4.69, 9.17) is 0 Å². The van der Waals surface area contributed by atoms with Crippen LogP contribution in [0, 0.1) is 25.5 Å². The van der Waals surface area contributed by atoms with Gasteiger partial charge in [-0.05, 0) is 55.8 Å². The summed E-state index contributed by atoms with van der Waals surface area (Å²) in [7, 11) is 0. The molecule has 0 saturated carbocycles. The Morgan fingerprint density at radius 2 is 1.61 bits per heavy atom. The third-order valence-electron chi connectivity index (χ3n) is 5.64. The molecule has 7 nitrogen and oxygen atoms in total. The van der Waals surface area contributed by atoms with Crippen molar-refractivity contribution in [2.75, 3.05) is 0 Å². The number of aryl methyl sites for hydroxylation is 2. The van der Waals surface area contributed by atoms with Crippen molar-refractivity contribution >= 4 is 0 Å². The Morgan fingerprint density at radius 1 is 0.868 bits per heavy atom. The molecule has 0 saturated heterocycles. The molecule has 0 amide bonds. The highest BCUT2D eigenvalue weighted by atomic mass is 19.4. The van der Waals surface area contributed by atoms with Crippen LogP contribution in [0.3, 0.4) is 0 Å². The van der Waals surface area contributed by atoms with Crippen molar-refractivity contribution in [3.63, 3.8) is 0 Å². The Hall–Kier alpha value is -4.74. The molecule has 38 heavy (non-hydrogen) atoms. The average Bonchev–Trinajstić information content (AvgIpc) is 3.40. The maximum Gasteiger partial charge on any atom is 0.573 e. The van der Waals surface area contributed by atoms with E-state index in [9.17, 15) is 26.7 Å². The van der Waals surface area contributed by atoms with Crippen molar-refractivity contribution in [1.82, 2.24) is 24.1 Å². The van der Waals surface area contributed by atoms with Gasteiger partial charge in [0.1, 0.15) is 5.75 Å². The molecule has 3 heterocycles. The second-order valence-electron chi connectivity index (χ2n) is 8.43. The molecule has 0 atom stereocenters. The van der Waals surface area contributed by atoms with Gasteiger partial charge in [0, 0.05) is 36.4 Å². The Morgan fingerprint density at radius 3 is 2.29 bits per heavy atom. The van der Waals surface area contributed by atoms with Gasteiger partial charge in [0.05, 0.1) is 22.8 Å². The Bertz CT molecular complexity index is 1700. The first-order valence-electron chi connectivity index (χ1n) is 11.2. The predicted octanol–water partition coefficient (Wildman–Crippen LogP) is 5.67. The molecule has 12 heteroatoms. The van der Waals surface area contributed by atoms with E-state index in [2.05, 4.69) is 14.9 Å². The largest absolute Gasteiger partial charge is 0.573 e. The van der Waals surface area contributed by atoms with Crippen LogP contribution in [0.2, 0.25) is 0 Å². The van der Waals surface area contributed by atoms with Crippen molar-refractivity contribution in [1.29, 1.82) is 0 Å². The summed E-state index contributed by atoms with van der Waals surface area (Å²) in [4.78, 5) is 12.8. The number of ether oxygens (including phenoxy) is 1. The lowest BCUT2D eigenvalue weighted by atomic mass is 10.1. The summed E-state index contributed by atoms with van der Waals surface area (Å²) in [5.41, 5.74) is 2.38. The Labute approximate surface area is 212 Å². The molecule has 5 rings (SSSR count). The predicted molar refractivity (Wildman–Crippen MR) is 128 cm³/mol. The summed E-state index contributed by atoms with van der Waals surface area (Å²) in [6.45, 7) is 3.45. The first kappa shape index (κ1) is 24.9. The zero-order chi connectivity index (χ0) is 27.2. The fraction of sp³-hybridized carbons (Fsp3) is 0.115. The highest BCUT2D eigenvalue weighted by molar-refractivity contribution is 5.59. The fourth-order valence-electron chi connectivity index (χ4n) is 4.01. The average molecular weight is 527 g/mol. The SMILES string of the molecule is Cc1cc(-c2nn(-c3ccc(-n4cc(F)c(F)c4)cc3C)ccc2=O)n(-c2cccc(OC(F)(F)F)c2)n1. The van der Waals surface area contributed by atoms with Crippen molar-refractivity contribution in [3.8, 4) is 34.2 Å². The number of rotatable bonds is 5. The van der Waals surface area contributed by atoms with Crippen LogP contribution >= 0.6 is 0 Å². The Kier molecular flexibility index (Phi) is 6.09. The van der Waals surface area contributed by atoms with E-state index in [0.29, 0.717) is 22.6 Å². The summed E-state index contributed by atoms with van der Waals surface area (Å²) in [6.07, 6.45) is -1.35. The van der Waals surface area contributed by atoms with E-state index in [-0.39, 0.29) is 17.1 Å². The number of nitrogens with zero attached hydrogens (tertiary/aromatic N) is 5. The monoisotopic (exact) mass is 527 g/mol. The lowest BCUT2D eigenvalue weighted by Crippen LogP contribution is -2.17. The topological polar surface area (TPSA) is 66.9 Å². The summed E-state index contributed by atoms with van der Waals surface area (Å²) in [5.74, 6) is -2.38. The van der Waals surface area contributed by atoms with Crippen molar-refractivity contribution in [2.45, 2.75) is 20.2 Å². The lowest BCUT2D eigenvalue weighted by molar-refractivity contribution is -0.274. The molecule has 0 bridgehead atoms. The summed E-state index contributed by atoms with van der Waals surface area (Å²) in [5, 5.41) is 8.82. The molecule has 194 valence electrons. The van der Waals surface area contributed by atoms with Crippen LogP contribution in [0.5, 0.6) is 5.75 Å². The number of hydrogen-bond acceptors (Lipinski definition) is 4. The molecule has 0 aliphatic carbocycles. The second kappa shape index (κ2) is 9.29. The van der Waals surface area contributed by atoms with Crippen molar-refractivity contribution in [2.24, 2.45) is 0 Å². The third-order valence-corrected chi connectivity index (χ3v) is 5.64. The second-order valence-corrected chi connectivity index (χ2v) is 8.43. The maximum absolute atomic E-state index is 13.5. The molecule has 0 aliphatic heterocycles. The van der Waals surface area contributed by atoms with Gasteiger partial charge in [-0.1, -0.05) is 6.07 Å². The highest BCUT2D eigenvalue weighted by Gasteiger charge is 2.31. The molecular formula is C26H18F5N5O2. The van der Waals surface area contributed by atoms with Gasteiger partial charge in [-0.2, -0.15) is 10.2 Å². The number of aromatic nitrogens is 5. The smallest absolute Gasteiger partial charge is 0.406 e. The van der Waals surface area contributed by atoms with E-state index < -0.39 is 29.2 Å². The molecule has 0 radical (unpaired) electrons. The van der Waals surface area contributed by atoms with Gasteiger partial charge in [0.25, 0.3) is 0 Å². The Balaban J connectivity index is 1.56. The van der Waals surface area contributed by atoms with E-state index in [0.717, 1.165) is 24.5 Å². The van der Waals surface area contributed by atoms with Crippen LogP contribution < -0.4 is 10.2 Å². The van der Waals surface area contributed by atoms with Crippen LogP contribution in [0.4, 0.5) is 22.0 Å². The lowest BCUT2D eigenvalue weighted by Gasteiger charge is -2.13. The zero-order valence-electron chi connectivity index (χ0n) is 19.9. The molecule has 2 aromatic carbocycles. The molecule has 0 aliphatic rings. The molecule has 0 fully saturated rings. The van der Waals surface area contributed by atoms with E-state index in [1.807, 2.05) is 0 Å². The zero-order valence-corrected chi connectivity index (χ0v) is 19.9. The number of halogens is 5. The van der Waals surface area contributed by atoms with Gasteiger partial charge in [-0.3, -0.25) is 4.79 Å². The third kappa shape index (κ3) is 4.92. The molecule has 0 unspecified atom stereocenters. The highest BCUT2D eigenvalue weighted by Crippen LogP contribution is 2.27. The molecule has 5 aromatic rings. The van der Waals surface area contributed by atoms with Gasteiger partial charge in [-0.25, -0.2) is 18.1 Å². The van der Waals surface area contributed by atoms with Crippen LogP contribution in [0.1, 0.15) is 11.3 Å². The van der Waals surface area contributed by atoms with Crippen molar-refractivity contribution in [3.05, 3.63) is 106 Å². The standard InChI is InChI=1S/C26H18F5N5O2/c1-15-10-17(34-13-20(27)21(28)14-34)6-7-22(15)35-9-8-24(37)25(33-35)23-11-16(2)32-36(23)18-4-3-5-19(12-18)38-26(29,30)31/h3-14H,1-2H3. The molecule has 0 spiro atoms. The van der Waals surface area contributed by atoms with E-state index in [1.54, 1.807) is 38.1 Å². The van der Waals surface area contributed by atoms with Gasteiger partial charge < -0.3 is 9.30 Å². The van der Waals surface area contributed by atoms with Crippen molar-refractivity contribution < 1.29 is 26.7 Å².